The molecule has 0 spiro atoms. The fourth-order valence-corrected chi connectivity index (χ4v) is 3.79. The van der Waals surface area contributed by atoms with Crippen LogP contribution < -0.4 is 10.1 Å². The Kier molecular flexibility index (Phi) is 5.21. The van der Waals surface area contributed by atoms with E-state index < -0.39 is 11.5 Å². The molecule has 3 rings (SSSR count). The summed E-state index contributed by atoms with van der Waals surface area (Å²) < 4.78 is 38.1. The zero-order valence-electron chi connectivity index (χ0n) is 14.1. The lowest BCUT2D eigenvalue weighted by atomic mass is 9.81. The van der Waals surface area contributed by atoms with Crippen molar-refractivity contribution in [1.82, 2.24) is 5.32 Å². The van der Waals surface area contributed by atoms with E-state index in [1.54, 1.807) is 6.07 Å². The van der Waals surface area contributed by atoms with Gasteiger partial charge in [0.15, 0.2) is 0 Å². The highest BCUT2D eigenvalue weighted by atomic mass is 35.5. The van der Waals surface area contributed by atoms with E-state index in [9.17, 15) is 13.6 Å². The number of hydrogen-bond acceptors (Lipinski definition) is 3. The van der Waals surface area contributed by atoms with Crippen LogP contribution in [0.25, 0.3) is 0 Å². The molecule has 1 N–H and O–H groups in total. The van der Waals surface area contributed by atoms with Crippen LogP contribution in [0.3, 0.4) is 0 Å². The number of carbonyl (C=O) groups is 1. The maximum atomic E-state index is 13.5. The van der Waals surface area contributed by atoms with Gasteiger partial charge in [0, 0.05) is 25.5 Å². The summed E-state index contributed by atoms with van der Waals surface area (Å²) in [4.78, 5) is 12.9. The minimum atomic E-state index is -2.72. The SMILES string of the molecule is COC1(C(=O)NC2CCCOc3c(Cl)cccc32)CCC(F)(F)CC1. The molecule has 138 valence electrons. The summed E-state index contributed by atoms with van der Waals surface area (Å²) in [5, 5.41) is 3.48. The molecule has 1 heterocycles. The van der Waals surface area contributed by atoms with E-state index in [0.717, 1.165) is 12.0 Å². The van der Waals surface area contributed by atoms with E-state index in [2.05, 4.69) is 5.32 Å². The molecule has 25 heavy (non-hydrogen) atoms. The van der Waals surface area contributed by atoms with Crippen LogP contribution in [-0.2, 0) is 9.53 Å². The number of carbonyl (C=O) groups excluding carboxylic acids is 1. The second-order valence-corrected chi connectivity index (χ2v) is 7.14. The number of nitrogens with one attached hydrogen (secondary N) is 1. The lowest BCUT2D eigenvalue weighted by Crippen LogP contribution is -2.52. The van der Waals surface area contributed by atoms with Gasteiger partial charge in [0.2, 0.25) is 5.92 Å². The van der Waals surface area contributed by atoms with Crippen molar-refractivity contribution < 1.29 is 23.0 Å². The molecule has 1 aromatic carbocycles. The van der Waals surface area contributed by atoms with Crippen LogP contribution in [0, 0.1) is 0 Å². The van der Waals surface area contributed by atoms with Gasteiger partial charge < -0.3 is 14.8 Å². The Hall–Kier alpha value is -1.40. The number of methoxy groups -OCH3 is 1. The van der Waals surface area contributed by atoms with Crippen molar-refractivity contribution in [2.45, 2.75) is 56.1 Å². The molecule has 1 fully saturated rings. The number of ether oxygens (including phenoxy) is 2. The summed E-state index contributed by atoms with van der Waals surface area (Å²) in [6, 6.07) is 5.14. The molecule has 0 saturated heterocycles. The third kappa shape index (κ3) is 3.75. The standard InChI is InChI=1S/C18H22ClF2NO3/c1-24-17(7-9-18(20,21)10-8-17)16(23)22-14-6-3-11-25-15-12(14)4-2-5-13(15)19/h2,4-5,14H,3,6-11H2,1H3,(H,22,23). The van der Waals surface area contributed by atoms with Crippen LogP contribution in [0.4, 0.5) is 8.78 Å². The fraction of sp³-hybridized carbons (Fsp3) is 0.611. The van der Waals surface area contributed by atoms with Crippen LogP contribution in [0.15, 0.2) is 18.2 Å². The molecule has 2 aliphatic rings. The highest BCUT2D eigenvalue weighted by Crippen LogP contribution is 2.42. The molecule has 0 bridgehead atoms. The number of rotatable bonds is 3. The van der Waals surface area contributed by atoms with Gasteiger partial charge in [-0.05, 0) is 31.7 Å². The Labute approximate surface area is 150 Å². The second-order valence-electron chi connectivity index (χ2n) is 6.73. The molecular formula is C18H22ClF2NO3. The average Bonchev–Trinajstić information content (AvgIpc) is 2.79. The first-order chi connectivity index (χ1) is 11.9. The third-order valence-corrected chi connectivity index (χ3v) is 5.45. The topological polar surface area (TPSA) is 47.6 Å². The predicted octanol–water partition coefficient (Wildman–Crippen LogP) is 4.26. The molecule has 1 aromatic rings. The summed E-state index contributed by atoms with van der Waals surface area (Å²) >= 11 is 6.21. The highest BCUT2D eigenvalue weighted by Gasteiger charge is 2.48. The third-order valence-electron chi connectivity index (χ3n) is 5.16. The molecule has 7 heteroatoms. The van der Waals surface area contributed by atoms with Crippen LogP contribution >= 0.6 is 11.6 Å². The summed E-state index contributed by atoms with van der Waals surface area (Å²) in [7, 11) is 1.41. The van der Waals surface area contributed by atoms with Crippen molar-refractivity contribution in [3.8, 4) is 5.75 Å². The van der Waals surface area contributed by atoms with Gasteiger partial charge in [-0.3, -0.25) is 4.79 Å². The lowest BCUT2D eigenvalue weighted by molar-refractivity contribution is -0.160. The Bertz CT molecular complexity index is 643. The smallest absolute Gasteiger partial charge is 0.252 e. The number of alkyl halides is 2. The van der Waals surface area contributed by atoms with E-state index in [-0.39, 0.29) is 37.6 Å². The highest BCUT2D eigenvalue weighted by molar-refractivity contribution is 6.32. The summed E-state index contributed by atoms with van der Waals surface area (Å²) in [5.41, 5.74) is -0.390. The first-order valence-electron chi connectivity index (χ1n) is 8.52. The number of para-hydroxylation sites is 1. The monoisotopic (exact) mass is 373 g/mol. The average molecular weight is 374 g/mol. The van der Waals surface area contributed by atoms with E-state index in [4.69, 9.17) is 21.1 Å². The molecule has 1 amide bonds. The summed E-state index contributed by atoms with van der Waals surface area (Å²) in [6.07, 6.45) is 0.778. The van der Waals surface area contributed by atoms with Crippen LogP contribution in [0.5, 0.6) is 5.75 Å². The van der Waals surface area contributed by atoms with Gasteiger partial charge in [-0.25, -0.2) is 8.78 Å². The Morgan fingerprint density at radius 1 is 1.32 bits per heavy atom. The molecule has 1 aliphatic heterocycles. The molecular weight excluding hydrogens is 352 g/mol. The van der Waals surface area contributed by atoms with E-state index >= 15 is 0 Å². The number of amides is 1. The normalized spacial score (nSPS) is 24.6. The molecule has 1 saturated carbocycles. The zero-order valence-corrected chi connectivity index (χ0v) is 14.9. The quantitative estimate of drug-likeness (QED) is 0.861. The van der Waals surface area contributed by atoms with Crippen LogP contribution in [-0.4, -0.2) is 31.1 Å². The largest absolute Gasteiger partial charge is 0.492 e. The predicted molar refractivity (Wildman–Crippen MR) is 90.2 cm³/mol. The van der Waals surface area contributed by atoms with Gasteiger partial charge >= 0.3 is 0 Å². The van der Waals surface area contributed by atoms with Crippen molar-refractivity contribution in [2.75, 3.05) is 13.7 Å². The van der Waals surface area contributed by atoms with Gasteiger partial charge in [-0.2, -0.15) is 0 Å². The first kappa shape index (κ1) is 18.4. The molecule has 4 nitrogen and oxygen atoms in total. The number of fused-ring (bicyclic) bond motifs is 1. The second kappa shape index (κ2) is 7.08. The Balaban J connectivity index is 1.80. The number of halogens is 3. The van der Waals surface area contributed by atoms with Crippen molar-refractivity contribution in [3.63, 3.8) is 0 Å². The van der Waals surface area contributed by atoms with Crippen LogP contribution in [0.2, 0.25) is 5.02 Å². The zero-order chi connectivity index (χ0) is 18.1. The Morgan fingerprint density at radius 3 is 2.72 bits per heavy atom. The summed E-state index contributed by atoms with van der Waals surface area (Å²) in [5.74, 6) is -2.49. The van der Waals surface area contributed by atoms with Crippen molar-refractivity contribution in [1.29, 1.82) is 0 Å². The minimum absolute atomic E-state index is 0.00789. The summed E-state index contributed by atoms with van der Waals surface area (Å²) in [6.45, 7) is 0.519. The fourth-order valence-electron chi connectivity index (χ4n) is 3.55. The Morgan fingerprint density at radius 2 is 2.04 bits per heavy atom. The maximum Gasteiger partial charge on any atom is 0.252 e. The van der Waals surface area contributed by atoms with E-state index in [1.165, 1.54) is 7.11 Å². The van der Waals surface area contributed by atoms with Crippen molar-refractivity contribution in [2.24, 2.45) is 0 Å². The van der Waals surface area contributed by atoms with Gasteiger partial charge in [0.1, 0.15) is 11.4 Å². The number of benzene rings is 1. The first-order valence-corrected chi connectivity index (χ1v) is 8.90. The van der Waals surface area contributed by atoms with Gasteiger partial charge in [0.25, 0.3) is 5.91 Å². The molecule has 1 unspecified atom stereocenters. The van der Waals surface area contributed by atoms with Crippen molar-refractivity contribution in [3.05, 3.63) is 28.8 Å². The minimum Gasteiger partial charge on any atom is -0.492 e. The van der Waals surface area contributed by atoms with E-state index in [0.29, 0.717) is 23.8 Å². The van der Waals surface area contributed by atoms with Crippen LogP contribution in [0.1, 0.15) is 50.1 Å². The molecule has 1 aliphatic carbocycles. The van der Waals surface area contributed by atoms with E-state index in [1.807, 2.05) is 12.1 Å². The number of hydrogen-bond donors (Lipinski definition) is 1. The van der Waals surface area contributed by atoms with Crippen molar-refractivity contribution >= 4 is 17.5 Å². The lowest BCUT2D eigenvalue weighted by Gasteiger charge is -2.38. The van der Waals surface area contributed by atoms with Gasteiger partial charge in [0.05, 0.1) is 17.7 Å². The molecule has 1 atom stereocenters. The maximum absolute atomic E-state index is 13.5. The van der Waals surface area contributed by atoms with Gasteiger partial charge in [-0.15, -0.1) is 0 Å². The molecule has 0 aromatic heterocycles. The molecule has 0 radical (unpaired) electrons. The van der Waals surface area contributed by atoms with Gasteiger partial charge in [-0.1, -0.05) is 23.7 Å².